The molecule has 1 fully saturated rings. The van der Waals surface area contributed by atoms with Crippen LogP contribution in [0.25, 0.3) is 5.65 Å². The van der Waals surface area contributed by atoms with Gasteiger partial charge < -0.3 is 14.8 Å². The number of hydrogen-bond donors (Lipinski definition) is 1. The van der Waals surface area contributed by atoms with Crippen LogP contribution in [0, 0.1) is 0 Å². The Labute approximate surface area is 139 Å². The second kappa shape index (κ2) is 6.84. The summed E-state index contributed by atoms with van der Waals surface area (Å²) in [6.07, 6.45) is 4.05. The van der Waals surface area contributed by atoms with Crippen LogP contribution in [0.3, 0.4) is 0 Å². The molecule has 2 aromatic heterocycles. The van der Waals surface area contributed by atoms with Gasteiger partial charge >= 0.3 is 0 Å². The number of fused-ring (bicyclic) bond motifs is 1. The van der Waals surface area contributed by atoms with Crippen LogP contribution in [0.15, 0.2) is 42.7 Å². The molecule has 4 rings (SSSR count). The van der Waals surface area contributed by atoms with Gasteiger partial charge in [-0.3, -0.25) is 0 Å². The van der Waals surface area contributed by atoms with Crippen molar-refractivity contribution in [2.75, 3.05) is 18.5 Å². The molecule has 24 heavy (non-hydrogen) atoms. The van der Waals surface area contributed by atoms with E-state index in [9.17, 15) is 0 Å². The third-order valence-corrected chi connectivity index (χ3v) is 4.02. The molecule has 0 unspecified atom stereocenters. The molecule has 1 aromatic carbocycles. The van der Waals surface area contributed by atoms with E-state index in [0.717, 1.165) is 42.2 Å². The van der Waals surface area contributed by atoms with Gasteiger partial charge in [0.2, 0.25) is 0 Å². The van der Waals surface area contributed by atoms with Crippen molar-refractivity contribution < 1.29 is 9.47 Å². The molecule has 0 radical (unpaired) electrons. The average molecular weight is 325 g/mol. The summed E-state index contributed by atoms with van der Waals surface area (Å²) in [6, 6.07) is 11.8. The summed E-state index contributed by atoms with van der Waals surface area (Å²) in [5.74, 6) is 1.65. The Morgan fingerprint density at radius 1 is 1.21 bits per heavy atom. The minimum Gasteiger partial charge on any atom is -0.491 e. The van der Waals surface area contributed by atoms with Crippen LogP contribution in [0.5, 0.6) is 5.75 Å². The van der Waals surface area contributed by atoms with Crippen LogP contribution in [-0.4, -0.2) is 39.1 Å². The molecule has 7 heteroatoms. The first-order valence-corrected chi connectivity index (χ1v) is 8.11. The highest BCUT2D eigenvalue weighted by Gasteiger charge is 2.15. The molecule has 0 amide bonds. The largest absolute Gasteiger partial charge is 0.491 e. The third kappa shape index (κ3) is 3.46. The van der Waals surface area contributed by atoms with Gasteiger partial charge in [-0.25, -0.2) is 0 Å². The number of aromatic nitrogens is 4. The fraction of sp³-hybridized carbons (Fsp3) is 0.353. The molecule has 0 bridgehead atoms. The summed E-state index contributed by atoms with van der Waals surface area (Å²) >= 11 is 0. The molecule has 0 spiro atoms. The maximum Gasteiger partial charge on any atom is 0.177 e. The third-order valence-electron chi connectivity index (χ3n) is 4.02. The topological polar surface area (TPSA) is 73.6 Å². The Kier molecular flexibility index (Phi) is 4.24. The Morgan fingerprint density at radius 2 is 2.12 bits per heavy atom. The van der Waals surface area contributed by atoms with Gasteiger partial charge in [0.05, 0.1) is 6.10 Å². The Balaban J connectivity index is 1.31. The van der Waals surface area contributed by atoms with E-state index in [1.54, 1.807) is 10.8 Å². The van der Waals surface area contributed by atoms with Gasteiger partial charge in [-0.2, -0.15) is 4.52 Å². The fourth-order valence-electron chi connectivity index (χ4n) is 2.68. The van der Waals surface area contributed by atoms with Crippen molar-refractivity contribution in [1.82, 2.24) is 19.8 Å². The molecular weight excluding hydrogens is 306 g/mol. The molecule has 1 aliphatic rings. The average Bonchev–Trinajstić information content (AvgIpc) is 3.30. The number of nitrogens with one attached hydrogen (secondary N) is 1. The van der Waals surface area contributed by atoms with Crippen molar-refractivity contribution in [1.29, 1.82) is 0 Å². The minimum absolute atomic E-state index is 0.241. The minimum atomic E-state index is 0.241. The van der Waals surface area contributed by atoms with Crippen molar-refractivity contribution in [2.24, 2.45) is 0 Å². The normalized spacial score (nSPS) is 17.2. The van der Waals surface area contributed by atoms with Crippen LogP contribution in [0.2, 0.25) is 0 Å². The molecule has 3 heterocycles. The van der Waals surface area contributed by atoms with Crippen LogP contribution >= 0.6 is 0 Å². The second-order valence-corrected chi connectivity index (χ2v) is 5.80. The van der Waals surface area contributed by atoms with E-state index in [2.05, 4.69) is 32.7 Å². The van der Waals surface area contributed by atoms with Gasteiger partial charge in [0.15, 0.2) is 5.65 Å². The molecule has 1 N–H and O–H groups in total. The lowest BCUT2D eigenvalue weighted by Gasteiger charge is -2.12. The molecule has 7 nitrogen and oxygen atoms in total. The molecule has 0 aliphatic carbocycles. The zero-order valence-electron chi connectivity index (χ0n) is 13.3. The summed E-state index contributed by atoms with van der Waals surface area (Å²) in [6.45, 7) is 2.17. The van der Waals surface area contributed by atoms with Gasteiger partial charge in [-0.15, -0.1) is 15.3 Å². The van der Waals surface area contributed by atoms with E-state index in [0.29, 0.717) is 13.2 Å². The fourth-order valence-corrected chi connectivity index (χ4v) is 2.68. The highest BCUT2D eigenvalue weighted by Crippen LogP contribution is 2.17. The number of hydrogen-bond acceptors (Lipinski definition) is 6. The zero-order valence-corrected chi connectivity index (χ0v) is 13.3. The zero-order chi connectivity index (χ0) is 16.2. The summed E-state index contributed by atoms with van der Waals surface area (Å²) in [4.78, 5) is 0. The monoisotopic (exact) mass is 325 g/mol. The number of nitrogens with zero attached hydrogens (tertiary/aromatic N) is 4. The molecular formula is C17H19N5O2. The van der Waals surface area contributed by atoms with Gasteiger partial charge in [-0.05, 0) is 42.7 Å². The predicted octanol–water partition coefficient (Wildman–Crippen LogP) is 2.29. The SMILES string of the molecule is c1cc(OC[C@H]2CCCO2)ccc1CNc1ccc2nncn2n1. The lowest BCUT2D eigenvalue weighted by atomic mass is 10.2. The first-order valence-electron chi connectivity index (χ1n) is 8.11. The maximum absolute atomic E-state index is 5.77. The van der Waals surface area contributed by atoms with E-state index in [4.69, 9.17) is 9.47 Å². The molecule has 1 saturated heterocycles. The van der Waals surface area contributed by atoms with Gasteiger partial charge in [0, 0.05) is 13.2 Å². The Hall–Kier alpha value is -2.67. The molecule has 124 valence electrons. The molecule has 1 atom stereocenters. The first-order chi connectivity index (χ1) is 11.9. The van der Waals surface area contributed by atoms with E-state index >= 15 is 0 Å². The van der Waals surface area contributed by atoms with Gasteiger partial charge in [-0.1, -0.05) is 12.1 Å². The molecule has 1 aliphatic heterocycles. The Bertz CT molecular complexity index is 796. The highest BCUT2D eigenvalue weighted by molar-refractivity contribution is 5.43. The van der Waals surface area contributed by atoms with Crippen molar-refractivity contribution in [3.05, 3.63) is 48.3 Å². The van der Waals surface area contributed by atoms with Crippen LogP contribution in [0.4, 0.5) is 5.82 Å². The first kappa shape index (κ1) is 14.9. The van der Waals surface area contributed by atoms with Gasteiger partial charge in [0.1, 0.15) is 24.5 Å². The quantitative estimate of drug-likeness (QED) is 0.749. The van der Waals surface area contributed by atoms with Crippen molar-refractivity contribution in [2.45, 2.75) is 25.5 Å². The lowest BCUT2D eigenvalue weighted by Crippen LogP contribution is -2.16. The van der Waals surface area contributed by atoms with Crippen LogP contribution in [-0.2, 0) is 11.3 Å². The lowest BCUT2D eigenvalue weighted by molar-refractivity contribution is 0.0679. The van der Waals surface area contributed by atoms with Crippen molar-refractivity contribution in [3.8, 4) is 5.75 Å². The van der Waals surface area contributed by atoms with Crippen molar-refractivity contribution in [3.63, 3.8) is 0 Å². The van der Waals surface area contributed by atoms with E-state index in [-0.39, 0.29) is 6.10 Å². The number of ether oxygens (including phenoxy) is 2. The Morgan fingerprint density at radius 3 is 2.96 bits per heavy atom. The second-order valence-electron chi connectivity index (χ2n) is 5.80. The van der Waals surface area contributed by atoms with E-state index in [1.807, 2.05) is 24.3 Å². The maximum atomic E-state index is 5.77. The summed E-state index contributed by atoms with van der Waals surface area (Å²) in [5, 5.41) is 15.4. The number of rotatable bonds is 6. The predicted molar refractivity (Wildman–Crippen MR) is 89.0 cm³/mol. The smallest absolute Gasteiger partial charge is 0.177 e. The molecule has 3 aromatic rings. The number of benzene rings is 1. The summed E-state index contributed by atoms with van der Waals surface area (Å²) < 4.78 is 13.0. The van der Waals surface area contributed by atoms with Gasteiger partial charge in [0.25, 0.3) is 0 Å². The van der Waals surface area contributed by atoms with E-state index in [1.165, 1.54) is 0 Å². The standard InChI is InChI=1S/C17H19N5O2/c1-2-15(23-9-1)11-24-14-5-3-13(4-6-14)10-18-16-7-8-17-20-19-12-22(17)21-16/h3-8,12,15H,1-2,9-11H2,(H,18,21)/t15-/m1/s1. The summed E-state index contributed by atoms with van der Waals surface area (Å²) in [5.41, 5.74) is 1.89. The summed E-state index contributed by atoms with van der Waals surface area (Å²) in [7, 11) is 0. The highest BCUT2D eigenvalue weighted by atomic mass is 16.5. The number of anilines is 1. The van der Waals surface area contributed by atoms with Crippen LogP contribution < -0.4 is 10.1 Å². The molecule has 0 saturated carbocycles. The van der Waals surface area contributed by atoms with Crippen LogP contribution in [0.1, 0.15) is 18.4 Å². The van der Waals surface area contributed by atoms with Crippen molar-refractivity contribution >= 4 is 11.5 Å². The van der Waals surface area contributed by atoms with E-state index < -0.39 is 0 Å².